The minimum atomic E-state index is 0.404. The zero-order chi connectivity index (χ0) is 13.2. The van der Waals surface area contributed by atoms with Crippen molar-refractivity contribution in [1.82, 2.24) is 15.1 Å². The summed E-state index contributed by atoms with van der Waals surface area (Å²) < 4.78 is 7.42. The molecule has 1 aromatic rings. The Kier molecular flexibility index (Phi) is 7.69. The lowest BCUT2D eigenvalue weighted by atomic mass is 10.1. The Bertz CT molecular complexity index is 312. The average Bonchev–Trinajstić information content (AvgIpc) is 2.82. The lowest BCUT2D eigenvalue weighted by Gasteiger charge is -2.16. The minimum Gasteiger partial charge on any atom is -0.382 e. The molecule has 0 spiro atoms. The quantitative estimate of drug-likeness (QED) is 0.652. The van der Waals surface area contributed by atoms with Crippen LogP contribution in [0.25, 0.3) is 0 Å². The molecule has 0 bridgehead atoms. The standard InChI is InChI=1S/C14H27N3O/c1-4-9-17-12-13(11-16-17)14(15-5-2)8-7-10-18-6-3/h11-12,14-15H,4-10H2,1-3H3. The summed E-state index contributed by atoms with van der Waals surface area (Å²) in [6.07, 6.45) is 7.47. The normalized spacial score (nSPS) is 12.8. The Morgan fingerprint density at radius 2 is 2.22 bits per heavy atom. The number of hydrogen-bond donors (Lipinski definition) is 1. The van der Waals surface area contributed by atoms with Crippen LogP contribution in [0.4, 0.5) is 0 Å². The monoisotopic (exact) mass is 253 g/mol. The predicted octanol–water partition coefficient (Wildman–Crippen LogP) is 2.76. The molecule has 0 aromatic carbocycles. The van der Waals surface area contributed by atoms with Crippen LogP contribution in [0.5, 0.6) is 0 Å². The fourth-order valence-corrected chi connectivity index (χ4v) is 2.08. The van der Waals surface area contributed by atoms with Crippen molar-refractivity contribution in [1.29, 1.82) is 0 Å². The second-order valence-electron chi connectivity index (χ2n) is 4.49. The number of hydrogen-bond acceptors (Lipinski definition) is 3. The number of aryl methyl sites for hydroxylation is 1. The van der Waals surface area contributed by atoms with E-state index in [0.717, 1.165) is 45.6 Å². The van der Waals surface area contributed by atoms with Gasteiger partial charge in [-0.15, -0.1) is 0 Å². The van der Waals surface area contributed by atoms with Crippen molar-refractivity contribution in [2.45, 2.75) is 52.6 Å². The molecule has 104 valence electrons. The van der Waals surface area contributed by atoms with Crippen LogP contribution >= 0.6 is 0 Å². The molecule has 1 rings (SSSR count). The zero-order valence-electron chi connectivity index (χ0n) is 12.0. The Labute approximate surface area is 111 Å². The van der Waals surface area contributed by atoms with E-state index in [0.29, 0.717) is 6.04 Å². The van der Waals surface area contributed by atoms with Crippen LogP contribution in [0.2, 0.25) is 0 Å². The molecule has 1 atom stereocenters. The van der Waals surface area contributed by atoms with E-state index in [1.54, 1.807) is 0 Å². The summed E-state index contributed by atoms with van der Waals surface area (Å²) in [4.78, 5) is 0. The Balaban J connectivity index is 2.48. The third-order valence-corrected chi connectivity index (χ3v) is 2.94. The Morgan fingerprint density at radius 1 is 1.39 bits per heavy atom. The summed E-state index contributed by atoms with van der Waals surface area (Å²) in [6.45, 7) is 9.99. The van der Waals surface area contributed by atoms with E-state index in [2.05, 4.69) is 30.5 Å². The minimum absolute atomic E-state index is 0.404. The van der Waals surface area contributed by atoms with E-state index >= 15 is 0 Å². The van der Waals surface area contributed by atoms with Gasteiger partial charge < -0.3 is 10.1 Å². The third-order valence-electron chi connectivity index (χ3n) is 2.94. The van der Waals surface area contributed by atoms with E-state index in [-0.39, 0.29) is 0 Å². The zero-order valence-corrected chi connectivity index (χ0v) is 12.0. The first-order valence-electron chi connectivity index (χ1n) is 7.15. The van der Waals surface area contributed by atoms with Gasteiger partial charge in [0.25, 0.3) is 0 Å². The summed E-state index contributed by atoms with van der Waals surface area (Å²) in [7, 11) is 0. The van der Waals surface area contributed by atoms with Crippen LogP contribution in [0.15, 0.2) is 12.4 Å². The summed E-state index contributed by atoms with van der Waals surface area (Å²) in [5.74, 6) is 0. The summed E-state index contributed by atoms with van der Waals surface area (Å²) in [5, 5.41) is 7.92. The van der Waals surface area contributed by atoms with Gasteiger partial charge in [-0.1, -0.05) is 13.8 Å². The molecule has 0 amide bonds. The number of rotatable bonds is 10. The maximum atomic E-state index is 5.39. The molecule has 0 radical (unpaired) electrons. The smallest absolute Gasteiger partial charge is 0.0537 e. The second-order valence-corrected chi connectivity index (χ2v) is 4.49. The highest BCUT2D eigenvalue weighted by molar-refractivity contribution is 5.10. The molecule has 4 heteroatoms. The van der Waals surface area contributed by atoms with Gasteiger partial charge in [-0.05, 0) is 32.7 Å². The van der Waals surface area contributed by atoms with Crippen LogP contribution < -0.4 is 5.32 Å². The van der Waals surface area contributed by atoms with Gasteiger partial charge in [0.15, 0.2) is 0 Å². The molecular formula is C14H27N3O. The fourth-order valence-electron chi connectivity index (χ4n) is 2.08. The van der Waals surface area contributed by atoms with E-state index in [1.165, 1.54) is 5.56 Å². The SMILES string of the molecule is CCCn1cc(C(CCCOCC)NCC)cn1. The average molecular weight is 253 g/mol. The van der Waals surface area contributed by atoms with Crippen molar-refractivity contribution >= 4 is 0 Å². The highest BCUT2D eigenvalue weighted by Gasteiger charge is 2.12. The lowest BCUT2D eigenvalue weighted by Crippen LogP contribution is -2.21. The van der Waals surface area contributed by atoms with Gasteiger partial charge in [0.1, 0.15) is 0 Å². The molecule has 1 aromatic heterocycles. The van der Waals surface area contributed by atoms with Gasteiger partial charge in [0.2, 0.25) is 0 Å². The molecule has 18 heavy (non-hydrogen) atoms. The Morgan fingerprint density at radius 3 is 2.89 bits per heavy atom. The van der Waals surface area contributed by atoms with Crippen LogP contribution in [0.1, 0.15) is 51.6 Å². The molecule has 4 nitrogen and oxygen atoms in total. The van der Waals surface area contributed by atoms with Gasteiger partial charge in [-0.3, -0.25) is 4.68 Å². The van der Waals surface area contributed by atoms with E-state index in [4.69, 9.17) is 4.74 Å². The molecule has 0 saturated carbocycles. The highest BCUT2D eigenvalue weighted by Crippen LogP contribution is 2.18. The first-order valence-corrected chi connectivity index (χ1v) is 7.15. The van der Waals surface area contributed by atoms with Gasteiger partial charge >= 0.3 is 0 Å². The van der Waals surface area contributed by atoms with Gasteiger partial charge in [0.05, 0.1) is 6.20 Å². The molecule has 0 saturated heterocycles. The summed E-state index contributed by atoms with van der Waals surface area (Å²) in [5.41, 5.74) is 1.29. The van der Waals surface area contributed by atoms with Gasteiger partial charge in [-0.25, -0.2) is 0 Å². The molecule has 1 heterocycles. The Hall–Kier alpha value is -0.870. The van der Waals surface area contributed by atoms with Crippen LogP contribution in [0, 0.1) is 0 Å². The van der Waals surface area contributed by atoms with E-state index in [9.17, 15) is 0 Å². The number of aromatic nitrogens is 2. The molecule has 0 aliphatic heterocycles. The topological polar surface area (TPSA) is 39.1 Å². The van der Waals surface area contributed by atoms with Crippen LogP contribution in [-0.2, 0) is 11.3 Å². The maximum Gasteiger partial charge on any atom is 0.0537 e. The first kappa shape index (κ1) is 15.2. The largest absolute Gasteiger partial charge is 0.382 e. The number of nitrogens with one attached hydrogen (secondary N) is 1. The van der Waals surface area contributed by atoms with Gasteiger partial charge in [0, 0.05) is 37.6 Å². The van der Waals surface area contributed by atoms with Crippen molar-refractivity contribution in [2.24, 2.45) is 0 Å². The van der Waals surface area contributed by atoms with E-state index in [1.807, 2.05) is 17.8 Å². The molecule has 0 aliphatic carbocycles. The molecule has 1 N–H and O–H groups in total. The molecule has 1 unspecified atom stereocenters. The predicted molar refractivity (Wildman–Crippen MR) is 74.7 cm³/mol. The van der Waals surface area contributed by atoms with Crippen molar-refractivity contribution in [3.8, 4) is 0 Å². The van der Waals surface area contributed by atoms with Crippen molar-refractivity contribution in [2.75, 3.05) is 19.8 Å². The number of ether oxygens (including phenoxy) is 1. The van der Waals surface area contributed by atoms with Crippen LogP contribution in [-0.4, -0.2) is 29.5 Å². The molecule has 0 aliphatic rings. The third kappa shape index (κ3) is 5.19. The van der Waals surface area contributed by atoms with Gasteiger partial charge in [-0.2, -0.15) is 5.10 Å². The fraction of sp³-hybridized carbons (Fsp3) is 0.786. The maximum absolute atomic E-state index is 5.39. The summed E-state index contributed by atoms with van der Waals surface area (Å²) in [6, 6.07) is 0.404. The number of nitrogens with zero attached hydrogens (tertiary/aromatic N) is 2. The lowest BCUT2D eigenvalue weighted by molar-refractivity contribution is 0.141. The van der Waals surface area contributed by atoms with Crippen molar-refractivity contribution in [3.05, 3.63) is 18.0 Å². The van der Waals surface area contributed by atoms with Crippen molar-refractivity contribution in [3.63, 3.8) is 0 Å². The van der Waals surface area contributed by atoms with Crippen LogP contribution in [0.3, 0.4) is 0 Å². The molecule has 0 fully saturated rings. The molecular weight excluding hydrogens is 226 g/mol. The summed E-state index contributed by atoms with van der Waals surface area (Å²) >= 11 is 0. The first-order chi connectivity index (χ1) is 8.81. The van der Waals surface area contributed by atoms with E-state index < -0.39 is 0 Å². The highest BCUT2D eigenvalue weighted by atomic mass is 16.5. The second kappa shape index (κ2) is 9.11. The van der Waals surface area contributed by atoms with Crippen molar-refractivity contribution < 1.29 is 4.74 Å².